The Morgan fingerprint density at radius 1 is 0.865 bits per heavy atom. The van der Waals surface area contributed by atoms with Gasteiger partial charge in [-0.1, -0.05) is 35.9 Å². The maximum Gasteiger partial charge on any atom is 0.265 e. The fourth-order valence-corrected chi connectivity index (χ4v) is 4.72. The van der Waals surface area contributed by atoms with Crippen molar-refractivity contribution >= 4 is 44.8 Å². The van der Waals surface area contributed by atoms with Crippen molar-refractivity contribution in [3.8, 4) is 17.2 Å². The Balaban J connectivity index is 1.73. The third-order valence-corrected chi connectivity index (χ3v) is 6.69. The molecule has 0 aliphatic rings. The Morgan fingerprint density at radius 3 is 2.30 bits per heavy atom. The summed E-state index contributed by atoms with van der Waals surface area (Å²) in [5.74, 6) is 1.77. The Hall–Kier alpha value is -4.43. The van der Waals surface area contributed by atoms with E-state index < -0.39 is 0 Å². The molecule has 0 fully saturated rings. The van der Waals surface area contributed by atoms with Crippen LogP contribution in [-0.2, 0) is 6.54 Å². The van der Waals surface area contributed by atoms with Gasteiger partial charge in [-0.2, -0.15) is 0 Å². The molecule has 3 heterocycles. The molecule has 0 saturated heterocycles. The zero-order chi connectivity index (χ0) is 25.7. The lowest BCUT2D eigenvalue weighted by Crippen LogP contribution is -2.24. The van der Waals surface area contributed by atoms with E-state index in [0.717, 1.165) is 5.56 Å². The highest BCUT2D eigenvalue weighted by molar-refractivity contribution is 6.30. The molecule has 0 radical (unpaired) electrons. The quantitative estimate of drug-likeness (QED) is 0.312. The van der Waals surface area contributed by atoms with Crippen LogP contribution in [0.4, 0.5) is 0 Å². The van der Waals surface area contributed by atoms with Gasteiger partial charge in [0.05, 0.1) is 37.5 Å². The summed E-state index contributed by atoms with van der Waals surface area (Å²) < 4.78 is 14.6. The van der Waals surface area contributed by atoms with Crippen molar-refractivity contribution in [2.75, 3.05) is 14.2 Å². The van der Waals surface area contributed by atoms with Crippen LogP contribution in [0.2, 0.25) is 5.02 Å². The molecule has 3 aromatic heterocycles. The summed E-state index contributed by atoms with van der Waals surface area (Å²) in [5, 5.41) is 1.02. The zero-order valence-corrected chi connectivity index (χ0v) is 21.2. The Bertz CT molecular complexity index is 1880. The third kappa shape index (κ3) is 3.77. The van der Waals surface area contributed by atoms with Crippen LogP contribution in [0.25, 0.3) is 38.9 Å². The van der Waals surface area contributed by atoms with E-state index in [0.29, 0.717) is 67.8 Å². The Labute approximate surface area is 216 Å². The van der Waals surface area contributed by atoms with Crippen LogP contribution in [0.3, 0.4) is 0 Å². The van der Waals surface area contributed by atoms with Gasteiger partial charge < -0.3 is 9.47 Å². The van der Waals surface area contributed by atoms with E-state index >= 15 is 0 Å². The predicted molar refractivity (Wildman–Crippen MR) is 144 cm³/mol. The number of para-hydroxylation sites is 2. The molecule has 0 spiro atoms. The van der Waals surface area contributed by atoms with E-state index in [-0.39, 0.29) is 5.56 Å². The van der Waals surface area contributed by atoms with Crippen LogP contribution in [0, 0.1) is 6.92 Å². The van der Waals surface area contributed by atoms with Crippen molar-refractivity contribution in [3.63, 3.8) is 0 Å². The molecule has 9 heteroatoms. The second-order valence-electron chi connectivity index (χ2n) is 8.63. The minimum Gasteiger partial charge on any atom is -0.497 e. The van der Waals surface area contributed by atoms with Gasteiger partial charge in [-0.25, -0.2) is 15.0 Å². The average molecular weight is 512 g/mol. The summed E-state index contributed by atoms with van der Waals surface area (Å²) in [6, 6.07) is 20.5. The van der Waals surface area contributed by atoms with E-state index in [9.17, 15) is 4.79 Å². The summed E-state index contributed by atoms with van der Waals surface area (Å²) in [7, 11) is 3.20. The zero-order valence-electron chi connectivity index (χ0n) is 20.4. The van der Waals surface area contributed by atoms with Gasteiger partial charge in [0.1, 0.15) is 28.2 Å². The molecule has 0 saturated carbocycles. The predicted octanol–water partition coefficient (Wildman–Crippen LogP) is 5.31. The first-order valence-corrected chi connectivity index (χ1v) is 12.0. The number of nitrogens with zero attached hydrogens (tertiary/aromatic N) is 5. The average Bonchev–Trinajstić information content (AvgIpc) is 3.22. The lowest BCUT2D eigenvalue weighted by atomic mass is 10.2. The smallest absolute Gasteiger partial charge is 0.265 e. The SMILES string of the molecule is COc1ccc(OC)c(-n2c3nc4ccccc4nc3c3c(=O)n(Cc4ccc(Cl)cc4)c(C)nc32)c1. The third-order valence-electron chi connectivity index (χ3n) is 6.43. The van der Waals surface area contributed by atoms with Crippen LogP contribution >= 0.6 is 11.6 Å². The first kappa shape index (κ1) is 23.0. The first-order chi connectivity index (χ1) is 18.0. The van der Waals surface area contributed by atoms with E-state index in [1.807, 2.05) is 78.2 Å². The van der Waals surface area contributed by atoms with Crippen LogP contribution in [-0.4, -0.2) is 38.3 Å². The number of benzene rings is 3. The lowest BCUT2D eigenvalue weighted by molar-refractivity contribution is 0.402. The number of aryl methyl sites for hydroxylation is 1. The number of hydrogen-bond donors (Lipinski definition) is 0. The van der Waals surface area contributed by atoms with Crippen molar-refractivity contribution < 1.29 is 9.47 Å². The van der Waals surface area contributed by atoms with Gasteiger partial charge in [-0.3, -0.25) is 13.9 Å². The second kappa shape index (κ2) is 8.90. The summed E-state index contributed by atoms with van der Waals surface area (Å²) >= 11 is 6.06. The van der Waals surface area contributed by atoms with E-state index in [1.54, 1.807) is 18.8 Å². The molecule has 6 rings (SSSR count). The number of fused-ring (bicyclic) bond motifs is 4. The molecule has 8 nitrogen and oxygen atoms in total. The van der Waals surface area contributed by atoms with Crippen LogP contribution < -0.4 is 15.0 Å². The van der Waals surface area contributed by atoms with Crippen LogP contribution in [0.5, 0.6) is 11.5 Å². The van der Waals surface area contributed by atoms with Gasteiger partial charge in [0.25, 0.3) is 5.56 Å². The highest BCUT2D eigenvalue weighted by Crippen LogP contribution is 2.34. The molecule has 0 atom stereocenters. The molecule has 37 heavy (non-hydrogen) atoms. The molecule has 0 amide bonds. The van der Waals surface area contributed by atoms with Gasteiger partial charge in [-0.05, 0) is 48.9 Å². The van der Waals surface area contributed by atoms with E-state index in [4.69, 9.17) is 36.0 Å². The molecule has 184 valence electrons. The Morgan fingerprint density at radius 2 is 1.59 bits per heavy atom. The summed E-state index contributed by atoms with van der Waals surface area (Å²) in [5.41, 5.74) is 4.21. The lowest BCUT2D eigenvalue weighted by Gasteiger charge is -2.14. The van der Waals surface area contributed by atoms with Gasteiger partial charge in [0.15, 0.2) is 11.3 Å². The topological polar surface area (TPSA) is 84.1 Å². The molecule has 0 aliphatic carbocycles. The van der Waals surface area contributed by atoms with Gasteiger partial charge in [0, 0.05) is 11.1 Å². The van der Waals surface area contributed by atoms with Gasteiger partial charge in [0.2, 0.25) is 0 Å². The molecular weight excluding hydrogens is 490 g/mol. The maximum absolute atomic E-state index is 14.1. The molecule has 3 aromatic carbocycles. The van der Waals surface area contributed by atoms with Crippen molar-refractivity contribution in [1.82, 2.24) is 24.1 Å². The monoisotopic (exact) mass is 511 g/mol. The summed E-state index contributed by atoms with van der Waals surface area (Å²) in [4.78, 5) is 28.8. The number of halogens is 1. The van der Waals surface area contributed by atoms with Crippen LogP contribution in [0.1, 0.15) is 11.4 Å². The van der Waals surface area contributed by atoms with Gasteiger partial charge >= 0.3 is 0 Å². The fraction of sp³-hybridized carbons (Fsp3) is 0.143. The van der Waals surface area contributed by atoms with E-state index in [1.165, 1.54) is 0 Å². The largest absolute Gasteiger partial charge is 0.497 e. The van der Waals surface area contributed by atoms with Crippen molar-refractivity contribution in [2.24, 2.45) is 0 Å². The molecule has 0 bridgehead atoms. The minimum absolute atomic E-state index is 0.201. The summed E-state index contributed by atoms with van der Waals surface area (Å²) in [6.45, 7) is 2.17. The minimum atomic E-state index is -0.201. The van der Waals surface area contributed by atoms with Crippen molar-refractivity contribution in [1.29, 1.82) is 0 Å². The molecule has 0 unspecified atom stereocenters. The number of methoxy groups -OCH3 is 2. The van der Waals surface area contributed by atoms with Gasteiger partial charge in [-0.15, -0.1) is 0 Å². The number of aromatic nitrogens is 5. The highest BCUT2D eigenvalue weighted by Gasteiger charge is 2.24. The van der Waals surface area contributed by atoms with Crippen LogP contribution in [0.15, 0.2) is 71.5 Å². The van der Waals surface area contributed by atoms with Crippen molar-refractivity contribution in [2.45, 2.75) is 13.5 Å². The normalized spacial score (nSPS) is 11.5. The standard InChI is InChI=1S/C28H22ClN5O3/c1-16-30-26-24(28(35)33(16)15-17-8-10-18(29)11-9-17)25-27(32-21-7-5-4-6-20(21)31-25)34(26)22-14-19(36-2)12-13-23(22)37-3/h4-14H,15H2,1-3H3. The van der Waals surface area contributed by atoms with E-state index in [2.05, 4.69) is 0 Å². The Kier molecular flexibility index (Phi) is 5.53. The first-order valence-electron chi connectivity index (χ1n) is 11.6. The highest BCUT2D eigenvalue weighted by atomic mass is 35.5. The molecule has 6 aromatic rings. The molecule has 0 N–H and O–H groups in total. The summed E-state index contributed by atoms with van der Waals surface area (Å²) in [6.07, 6.45) is 0. The molecule has 0 aliphatic heterocycles. The maximum atomic E-state index is 14.1. The fourth-order valence-electron chi connectivity index (χ4n) is 4.59. The number of rotatable bonds is 5. The number of hydrogen-bond acceptors (Lipinski definition) is 6. The second-order valence-corrected chi connectivity index (χ2v) is 9.07. The van der Waals surface area contributed by atoms with Crippen molar-refractivity contribution in [3.05, 3.63) is 93.5 Å². The molecular formula is C28H22ClN5O3. The number of ether oxygens (including phenoxy) is 2.